The number of aromatic nitrogens is 1. The van der Waals surface area contributed by atoms with Crippen LogP contribution in [0.5, 0.6) is 0 Å². The van der Waals surface area contributed by atoms with Crippen LogP contribution in [0, 0.1) is 0 Å². The summed E-state index contributed by atoms with van der Waals surface area (Å²) in [7, 11) is 0. The van der Waals surface area contributed by atoms with Crippen molar-refractivity contribution in [2.45, 2.75) is 6.18 Å². The van der Waals surface area contributed by atoms with Gasteiger partial charge in [-0.1, -0.05) is 54.6 Å². The highest BCUT2D eigenvalue weighted by Crippen LogP contribution is 2.38. The standard InChI is InChI=1S/C20H12F3N/c21-20(22,23)18-10-4-9-17-16(11-12-24-19(17)18)15-8-3-6-13-5-1-2-7-14(13)15/h1-12H. The van der Waals surface area contributed by atoms with Gasteiger partial charge < -0.3 is 0 Å². The van der Waals surface area contributed by atoms with Crippen LogP contribution in [0.3, 0.4) is 0 Å². The molecule has 0 spiro atoms. The van der Waals surface area contributed by atoms with Crippen LogP contribution < -0.4 is 0 Å². The molecule has 0 fully saturated rings. The Morgan fingerprint density at radius 1 is 0.667 bits per heavy atom. The number of rotatable bonds is 1. The third-order valence-corrected chi connectivity index (χ3v) is 4.16. The maximum atomic E-state index is 13.3. The first-order chi connectivity index (χ1) is 11.6. The van der Waals surface area contributed by atoms with E-state index in [1.807, 2.05) is 42.5 Å². The Kier molecular flexibility index (Phi) is 3.27. The Balaban J connectivity index is 2.08. The molecule has 1 nitrogen and oxygen atoms in total. The van der Waals surface area contributed by atoms with Crippen LogP contribution in [0.25, 0.3) is 32.8 Å². The second kappa shape index (κ2) is 5.34. The first kappa shape index (κ1) is 14.7. The summed E-state index contributed by atoms with van der Waals surface area (Å²) in [5.41, 5.74) is 0.931. The van der Waals surface area contributed by atoms with Gasteiger partial charge in [0.1, 0.15) is 0 Å². The third kappa shape index (κ3) is 2.31. The van der Waals surface area contributed by atoms with Gasteiger partial charge in [-0.25, -0.2) is 0 Å². The van der Waals surface area contributed by atoms with E-state index >= 15 is 0 Å². The van der Waals surface area contributed by atoms with Gasteiger partial charge in [0, 0.05) is 11.6 Å². The van der Waals surface area contributed by atoms with Crippen molar-refractivity contribution in [1.82, 2.24) is 4.98 Å². The molecule has 0 aliphatic carbocycles. The van der Waals surface area contributed by atoms with Gasteiger partial charge in [-0.2, -0.15) is 13.2 Å². The molecule has 0 amide bonds. The molecule has 4 heteroatoms. The zero-order chi connectivity index (χ0) is 16.7. The van der Waals surface area contributed by atoms with Crippen molar-refractivity contribution >= 4 is 21.7 Å². The van der Waals surface area contributed by atoms with E-state index in [4.69, 9.17) is 0 Å². The number of hydrogen-bond donors (Lipinski definition) is 0. The summed E-state index contributed by atoms with van der Waals surface area (Å²) in [5.74, 6) is 0. The van der Waals surface area contributed by atoms with E-state index in [0.29, 0.717) is 5.39 Å². The Labute approximate surface area is 136 Å². The Morgan fingerprint density at radius 2 is 1.33 bits per heavy atom. The molecular formula is C20H12F3N. The monoisotopic (exact) mass is 323 g/mol. The number of benzene rings is 3. The van der Waals surface area contributed by atoms with Gasteiger partial charge in [0.05, 0.1) is 11.1 Å². The lowest BCUT2D eigenvalue weighted by Crippen LogP contribution is -2.06. The van der Waals surface area contributed by atoms with E-state index in [-0.39, 0.29) is 5.52 Å². The maximum Gasteiger partial charge on any atom is 0.418 e. The van der Waals surface area contributed by atoms with E-state index < -0.39 is 11.7 Å². The summed E-state index contributed by atoms with van der Waals surface area (Å²) < 4.78 is 39.8. The summed E-state index contributed by atoms with van der Waals surface area (Å²) in [6, 6.07) is 19.6. The number of alkyl halides is 3. The van der Waals surface area contributed by atoms with Crippen LogP contribution in [-0.4, -0.2) is 4.98 Å². The first-order valence-electron chi connectivity index (χ1n) is 7.49. The number of nitrogens with zero attached hydrogens (tertiary/aromatic N) is 1. The molecule has 4 rings (SSSR count). The van der Waals surface area contributed by atoms with Crippen molar-refractivity contribution in [2.24, 2.45) is 0 Å². The fourth-order valence-corrected chi connectivity index (χ4v) is 3.10. The normalized spacial score (nSPS) is 12.0. The molecular weight excluding hydrogens is 311 g/mol. The molecule has 4 aromatic rings. The van der Waals surface area contributed by atoms with E-state index in [1.54, 1.807) is 12.1 Å². The Bertz CT molecular complexity index is 1050. The highest BCUT2D eigenvalue weighted by atomic mass is 19.4. The fraction of sp³-hybridized carbons (Fsp3) is 0.0500. The largest absolute Gasteiger partial charge is 0.418 e. The van der Waals surface area contributed by atoms with Crippen LogP contribution >= 0.6 is 0 Å². The minimum Gasteiger partial charge on any atom is -0.256 e. The Morgan fingerprint density at radius 3 is 2.17 bits per heavy atom. The molecule has 0 saturated heterocycles. The number of para-hydroxylation sites is 1. The van der Waals surface area contributed by atoms with Crippen LogP contribution in [0.1, 0.15) is 5.56 Å². The van der Waals surface area contributed by atoms with Gasteiger partial charge in [-0.05, 0) is 34.0 Å². The Hall–Kier alpha value is -2.88. The molecule has 0 N–H and O–H groups in total. The molecule has 0 radical (unpaired) electrons. The first-order valence-corrected chi connectivity index (χ1v) is 7.49. The predicted molar refractivity (Wildman–Crippen MR) is 89.7 cm³/mol. The predicted octanol–water partition coefficient (Wildman–Crippen LogP) is 6.07. The van der Waals surface area contributed by atoms with Crippen LogP contribution in [0.4, 0.5) is 13.2 Å². The summed E-state index contributed by atoms with van der Waals surface area (Å²) in [6.07, 6.45) is -2.99. The molecule has 24 heavy (non-hydrogen) atoms. The van der Waals surface area contributed by atoms with Crippen LogP contribution in [-0.2, 0) is 6.18 Å². The number of fused-ring (bicyclic) bond motifs is 2. The molecule has 0 saturated carbocycles. The highest BCUT2D eigenvalue weighted by Gasteiger charge is 2.33. The molecule has 0 aliphatic rings. The van der Waals surface area contributed by atoms with Gasteiger partial charge in [0.25, 0.3) is 0 Å². The second-order valence-corrected chi connectivity index (χ2v) is 5.58. The fourth-order valence-electron chi connectivity index (χ4n) is 3.10. The lowest BCUT2D eigenvalue weighted by atomic mass is 9.95. The van der Waals surface area contributed by atoms with Gasteiger partial charge in [-0.15, -0.1) is 0 Å². The summed E-state index contributed by atoms with van der Waals surface area (Å²) >= 11 is 0. The minimum atomic E-state index is -4.43. The van der Waals surface area contributed by atoms with Gasteiger partial charge in [0.2, 0.25) is 0 Å². The van der Waals surface area contributed by atoms with E-state index in [0.717, 1.165) is 28.0 Å². The quantitative estimate of drug-likeness (QED) is 0.414. The van der Waals surface area contributed by atoms with E-state index in [1.165, 1.54) is 12.3 Å². The average Bonchev–Trinajstić information content (AvgIpc) is 2.59. The maximum absolute atomic E-state index is 13.3. The summed E-state index contributed by atoms with van der Waals surface area (Å²) in [6.45, 7) is 0. The lowest BCUT2D eigenvalue weighted by Gasteiger charge is -2.13. The van der Waals surface area contributed by atoms with Crippen molar-refractivity contribution in [3.05, 3.63) is 78.5 Å². The number of halogens is 3. The van der Waals surface area contributed by atoms with Crippen LogP contribution in [0.15, 0.2) is 72.9 Å². The van der Waals surface area contributed by atoms with Crippen molar-refractivity contribution in [1.29, 1.82) is 0 Å². The molecule has 1 aromatic heterocycles. The van der Waals surface area contributed by atoms with Crippen molar-refractivity contribution in [3.63, 3.8) is 0 Å². The molecule has 3 aromatic carbocycles. The SMILES string of the molecule is FC(F)(F)c1cccc2c(-c3cccc4ccccc34)ccnc12. The van der Waals surface area contributed by atoms with Crippen molar-refractivity contribution < 1.29 is 13.2 Å². The number of pyridine rings is 1. The number of hydrogen-bond acceptors (Lipinski definition) is 1. The van der Waals surface area contributed by atoms with Gasteiger partial charge >= 0.3 is 6.18 Å². The van der Waals surface area contributed by atoms with Crippen molar-refractivity contribution in [3.8, 4) is 11.1 Å². The molecule has 118 valence electrons. The topological polar surface area (TPSA) is 12.9 Å². The zero-order valence-electron chi connectivity index (χ0n) is 12.5. The second-order valence-electron chi connectivity index (χ2n) is 5.58. The van der Waals surface area contributed by atoms with Gasteiger partial charge in [0.15, 0.2) is 0 Å². The minimum absolute atomic E-state index is 0.0181. The third-order valence-electron chi connectivity index (χ3n) is 4.16. The molecule has 0 atom stereocenters. The van der Waals surface area contributed by atoms with Gasteiger partial charge in [-0.3, -0.25) is 4.98 Å². The summed E-state index contributed by atoms with van der Waals surface area (Å²) in [4.78, 5) is 3.99. The van der Waals surface area contributed by atoms with E-state index in [9.17, 15) is 13.2 Å². The molecule has 0 aliphatic heterocycles. The average molecular weight is 323 g/mol. The smallest absolute Gasteiger partial charge is 0.256 e. The highest BCUT2D eigenvalue weighted by molar-refractivity contribution is 6.05. The molecule has 0 unspecified atom stereocenters. The zero-order valence-corrected chi connectivity index (χ0v) is 12.5. The molecule has 1 heterocycles. The summed E-state index contributed by atoms with van der Waals surface area (Å²) in [5, 5.41) is 2.56. The van der Waals surface area contributed by atoms with Crippen molar-refractivity contribution in [2.75, 3.05) is 0 Å². The van der Waals surface area contributed by atoms with Crippen LogP contribution in [0.2, 0.25) is 0 Å². The van der Waals surface area contributed by atoms with E-state index in [2.05, 4.69) is 4.98 Å². The molecule has 0 bridgehead atoms. The lowest BCUT2D eigenvalue weighted by molar-refractivity contribution is -0.136.